The minimum Gasteiger partial charge on any atom is -0.334 e. The molecule has 0 N–H and O–H groups in total. The van der Waals surface area contributed by atoms with E-state index in [0.717, 1.165) is 18.8 Å². The minimum atomic E-state index is 0.484. The molecule has 0 saturated carbocycles. The largest absolute Gasteiger partial charge is 0.334 e. The van der Waals surface area contributed by atoms with Gasteiger partial charge in [-0.25, -0.2) is 4.98 Å². The van der Waals surface area contributed by atoms with Gasteiger partial charge in [0.2, 0.25) is 0 Å². The van der Waals surface area contributed by atoms with E-state index >= 15 is 0 Å². The van der Waals surface area contributed by atoms with Crippen LogP contribution in [0.2, 0.25) is 0 Å². The Morgan fingerprint density at radius 3 is 3.14 bits per heavy atom. The van der Waals surface area contributed by atoms with Gasteiger partial charge in [0.25, 0.3) is 0 Å². The molecule has 0 aliphatic heterocycles. The Bertz CT molecular complexity index is 380. The number of imidazole rings is 1. The van der Waals surface area contributed by atoms with E-state index in [1.807, 2.05) is 6.20 Å². The molecule has 0 unspecified atom stereocenters. The molecule has 0 radical (unpaired) electrons. The number of rotatable bonds is 4. The summed E-state index contributed by atoms with van der Waals surface area (Å²) in [6.45, 7) is 0.961. The van der Waals surface area contributed by atoms with Gasteiger partial charge in [0.05, 0.1) is 5.88 Å². The third-order valence-corrected chi connectivity index (χ3v) is 3.28. The maximum atomic E-state index is 5.75. The number of aryl methyl sites for hydroxylation is 2. The molecule has 2 nitrogen and oxygen atoms in total. The quantitative estimate of drug-likeness (QED) is 0.733. The van der Waals surface area contributed by atoms with Gasteiger partial charge in [0, 0.05) is 23.8 Å². The average molecular weight is 227 g/mol. The molecule has 14 heavy (non-hydrogen) atoms. The van der Waals surface area contributed by atoms with Gasteiger partial charge < -0.3 is 4.57 Å². The lowest BCUT2D eigenvalue weighted by Crippen LogP contribution is -2.03. The van der Waals surface area contributed by atoms with Gasteiger partial charge in [0.1, 0.15) is 5.82 Å². The summed E-state index contributed by atoms with van der Waals surface area (Å²) >= 11 is 7.54. The Morgan fingerprint density at radius 1 is 1.50 bits per heavy atom. The molecule has 0 atom stereocenters. The monoisotopic (exact) mass is 226 g/mol. The van der Waals surface area contributed by atoms with E-state index in [9.17, 15) is 0 Å². The van der Waals surface area contributed by atoms with Crippen LogP contribution in [0.15, 0.2) is 29.9 Å². The van der Waals surface area contributed by atoms with Crippen molar-refractivity contribution in [3.8, 4) is 0 Å². The molecule has 2 aromatic rings. The second-order valence-electron chi connectivity index (χ2n) is 3.00. The van der Waals surface area contributed by atoms with Gasteiger partial charge in [-0.1, -0.05) is 6.07 Å². The van der Waals surface area contributed by atoms with Crippen LogP contribution in [-0.4, -0.2) is 9.55 Å². The molecule has 0 aliphatic carbocycles. The summed E-state index contributed by atoms with van der Waals surface area (Å²) in [6, 6.07) is 4.23. The van der Waals surface area contributed by atoms with Gasteiger partial charge in [-0.3, -0.25) is 0 Å². The van der Waals surface area contributed by atoms with Crippen molar-refractivity contribution in [1.82, 2.24) is 9.55 Å². The van der Waals surface area contributed by atoms with E-state index in [-0.39, 0.29) is 0 Å². The summed E-state index contributed by atoms with van der Waals surface area (Å²) < 4.78 is 2.10. The van der Waals surface area contributed by atoms with E-state index in [1.54, 1.807) is 17.5 Å². The van der Waals surface area contributed by atoms with Crippen molar-refractivity contribution in [2.75, 3.05) is 0 Å². The van der Waals surface area contributed by atoms with Crippen molar-refractivity contribution in [1.29, 1.82) is 0 Å². The summed E-state index contributed by atoms with van der Waals surface area (Å²) in [6.07, 6.45) is 4.83. The average Bonchev–Trinajstić information content (AvgIpc) is 2.85. The molecule has 2 heterocycles. The second-order valence-corrected chi connectivity index (χ2v) is 4.30. The third kappa shape index (κ3) is 2.16. The fraction of sp³-hybridized carbons (Fsp3) is 0.300. The van der Waals surface area contributed by atoms with Crippen molar-refractivity contribution in [2.24, 2.45) is 0 Å². The molecule has 0 aliphatic rings. The topological polar surface area (TPSA) is 17.8 Å². The zero-order valence-corrected chi connectivity index (χ0v) is 9.26. The first-order chi connectivity index (χ1) is 6.90. The second kappa shape index (κ2) is 4.62. The van der Waals surface area contributed by atoms with Gasteiger partial charge in [0.15, 0.2) is 0 Å². The first-order valence-corrected chi connectivity index (χ1v) is 5.90. The number of hydrogen-bond acceptors (Lipinski definition) is 2. The molecule has 74 valence electrons. The molecule has 0 saturated heterocycles. The Kier molecular flexibility index (Phi) is 3.22. The lowest BCUT2D eigenvalue weighted by atomic mass is 10.3. The predicted molar refractivity (Wildman–Crippen MR) is 59.8 cm³/mol. The normalized spacial score (nSPS) is 10.6. The number of nitrogens with zero attached hydrogens (tertiary/aromatic N) is 2. The van der Waals surface area contributed by atoms with Gasteiger partial charge in [-0.05, 0) is 17.9 Å². The maximum absolute atomic E-state index is 5.75. The molecule has 0 amide bonds. The number of aromatic nitrogens is 2. The highest BCUT2D eigenvalue weighted by Gasteiger charge is 2.01. The smallest absolute Gasteiger partial charge is 0.123 e. The summed E-state index contributed by atoms with van der Waals surface area (Å²) in [5, 5.41) is 2.10. The first-order valence-electron chi connectivity index (χ1n) is 4.48. The summed E-state index contributed by atoms with van der Waals surface area (Å²) in [5.74, 6) is 1.43. The molecule has 0 fully saturated rings. The van der Waals surface area contributed by atoms with E-state index in [0.29, 0.717) is 5.88 Å². The van der Waals surface area contributed by atoms with Crippen molar-refractivity contribution >= 4 is 22.9 Å². The molecule has 4 heteroatoms. The standard InChI is InChI=1S/C10H11ClN2S/c11-8-10-12-4-6-13(10)5-3-9-2-1-7-14-9/h1-2,4,6-7H,3,5,8H2. The minimum absolute atomic E-state index is 0.484. The summed E-state index contributed by atoms with van der Waals surface area (Å²) in [4.78, 5) is 5.57. The Hall–Kier alpha value is -0.800. The van der Waals surface area contributed by atoms with Crippen LogP contribution in [0.3, 0.4) is 0 Å². The third-order valence-electron chi connectivity index (χ3n) is 2.10. The molecular weight excluding hydrogens is 216 g/mol. The molecule has 0 aromatic carbocycles. The Morgan fingerprint density at radius 2 is 2.43 bits per heavy atom. The van der Waals surface area contributed by atoms with Crippen molar-refractivity contribution < 1.29 is 0 Å². The van der Waals surface area contributed by atoms with Crippen LogP contribution in [0.1, 0.15) is 10.7 Å². The van der Waals surface area contributed by atoms with Crippen LogP contribution in [-0.2, 0) is 18.8 Å². The van der Waals surface area contributed by atoms with E-state index < -0.39 is 0 Å². The zero-order chi connectivity index (χ0) is 9.80. The number of thiophene rings is 1. The lowest BCUT2D eigenvalue weighted by Gasteiger charge is -2.03. The van der Waals surface area contributed by atoms with Crippen LogP contribution in [0.25, 0.3) is 0 Å². The van der Waals surface area contributed by atoms with Crippen LogP contribution < -0.4 is 0 Å². The fourth-order valence-corrected chi connectivity index (χ4v) is 2.28. The first kappa shape index (κ1) is 9.74. The molecular formula is C10H11ClN2S. The van der Waals surface area contributed by atoms with E-state index in [2.05, 4.69) is 27.1 Å². The molecule has 2 rings (SSSR count). The van der Waals surface area contributed by atoms with E-state index in [4.69, 9.17) is 11.6 Å². The summed E-state index contributed by atoms with van der Waals surface area (Å²) in [7, 11) is 0. The number of alkyl halides is 1. The van der Waals surface area contributed by atoms with Gasteiger partial charge in [-0.2, -0.15) is 0 Å². The highest BCUT2D eigenvalue weighted by atomic mass is 35.5. The highest BCUT2D eigenvalue weighted by Crippen LogP contribution is 2.11. The van der Waals surface area contributed by atoms with E-state index in [1.165, 1.54) is 4.88 Å². The zero-order valence-electron chi connectivity index (χ0n) is 7.69. The van der Waals surface area contributed by atoms with Crippen molar-refractivity contribution in [3.05, 3.63) is 40.6 Å². The molecule has 0 spiro atoms. The van der Waals surface area contributed by atoms with Crippen molar-refractivity contribution in [3.63, 3.8) is 0 Å². The van der Waals surface area contributed by atoms with Crippen LogP contribution in [0, 0.1) is 0 Å². The number of halogens is 1. The Labute approximate surface area is 92.2 Å². The van der Waals surface area contributed by atoms with Crippen LogP contribution in [0.4, 0.5) is 0 Å². The summed E-state index contributed by atoms with van der Waals surface area (Å²) in [5.41, 5.74) is 0. The highest BCUT2D eigenvalue weighted by molar-refractivity contribution is 7.09. The Balaban J connectivity index is 1.98. The van der Waals surface area contributed by atoms with Crippen LogP contribution in [0.5, 0.6) is 0 Å². The molecule has 0 bridgehead atoms. The fourth-order valence-electron chi connectivity index (χ4n) is 1.36. The number of hydrogen-bond donors (Lipinski definition) is 0. The maximum Gasteiger partial charge on any atom is 0.123 e. The van der Waals surface area contributed by atoms with Gasteiger partial charge in [-0.15, -0.1) is 22.9 Å². The molecule has 2 aromatic heterocycles. The predicted octanol–water partition coefficient (Wildman–Crippen LogP) is 2.93. The van der Waals surface area contributed by atoms with Crippen molar-refractivity contribution in [2.45, 2.75) is 18.8 Å². The van der Waals surface area contributed by atoms with Crippen LogP contribution >= 0.6 is 22.9 Å². The SMILES string of the molecule is ClCc1nccn1CCc1cccs1. The van der Waals surface area contributed by atoms with Gasteiger partial charge >= 0.3 is 0 Å². The lowest BCUT2D eigenvalue weighted by molar-refractivity contribution is 0.674.